The van der Waals surface area contributed by atoms with Crippen LogP contribution in [0.25, 0.3) is 0 Å². The maximum absolute atomic E-state index is 12.8. The highest BCUT2D eigenvalue weighted by molar-refractivity contribution is 9.10. The molecule has 0 bridgehead atoms. The van der Waals surface area contributed by atoms with E-state index in [0.717, 1.165) is 19.3 Å². The van der Waals surface area contributed by atoms with Crippen molar-refractivity contribution in [3.63, 3.8) is 0 Å². The van der Waals surface area contributed by atoms with Crippen LogP contribution < -0.4 is 5.32 Å². The summed E-state index contributed by atoms with van der Waals surface area (Å²) in [7, 11) is -1.80. The van der Waals surface area contributed by atoms with Gasteiger partial charge in [0, 0.05) is 30.8 Å². The zero-order chi connectivity index (χ0) is 15.5. The van der Waals surface area contributed by atoms with Gasteiger partial charge in [-0.2, -0.15) is 4.31 Å². The van der Waals surface area contributed by atoms with Crippen LogP contribution in [0.3, 0.4) is 0 Å². The van der Waals surface area contributed by atoms with E-state index in [0.29, 0.717) is 29.3 Å². The fourth-order valence-corrected chi connectivity index (χ4v) is 4.92. The number of piperidine rings is 1. The lowest BCUT2D eigenvalue weighted by Crippen LogP contribution is -2.38. The van der Waals surface area contributed by atoms with Crippen molar-refractivity contribution in [2.75, 3.05) is 25.5 Å². The van der Waals surface area contributed by atoms with E-state index in [9.17, 15) is 8.42 Å². The van der Waals surface area contributed by atoms with Gasteiger partial charge in [-0.05, 0) is 40.8 Å². The standard InChI is InChI=1S/C14H22BrN3O2S/c1-3-4-11-5-7-18(8-6-11)21(19,20)13-9-12(15)10-17-14(13)16-2/h9-11H,3-8H2,1-2H3,(H,16,17). The molecule has 0 amide bonds. The van der Waals surface area contributed by atoms with E-state index >= 15 is 0 Å². The first-order chi connectivity index (χ1) is 9.98. The molecule has 7 heteroatoms. The number of halogens is 1. The summed E-state index contributed by atoms with van der Waals surface area (Å²) in [5, 5.41) is 2.86. The molecule has 0 radical (unpaired) electrons. The number of sulfonamides is 1. The number of pyridine rings is 1. The number of nitrogens with zero attached hydrogens (tertiary/aromatic N) is 2. The lowest BCUT2D eigenvalue weighted by molar-refractivity contribution is 0.262. The topological polar surface area (TPSA) is 62.3 Å². The molecule has 0 spiro atoms. The van der Waals surface area contributed by atoms with Crippen LogP contribution in [0.4, 0.5) is 5.82 Å². The van der Waals surface area contributed by atoms with Gasteiger partial charge in [0.15, 0.2) is 0 Å². The molecule has 0 atom stereocenters. The summed E-state index contributed by atoms with van der Waals surface area (Å²) in [6.45, 7) is 3.38. The Hall–Kier alpha value is -0.660. The van der Waals surface area contributed by atoms with Gasteiger partial charge in [0.1, 0.15) is 10.7 Å². The second kappa shape index (κ2) is 7.07. The first-order valence-corrected chi connectivity index (χ1v) is 9.55. The quantitative estimate of drug-likeness (QED) is 0.858. The van der Waals surface area contributed by atoms with Crippen molar-refractivity contribution >= 4 is 31.8 Å². The van der Waals surface area contributed by atoms with Crippen molar-refractivity contribution in [2.24, 2.45) is 5.92 Å². The van der Waals surface area contributed by atoms with E-state index in [2.05, 4.69) is 33.2 Å². The van der Waals surface area contributed by atoms with Crippen LogP contribution in [-0.4, -0.2) is 37.8 Å². The summed E-state index contributed by atoms with van der Waals surface area (Å²) in [5.41, 5.74) is 0. The van der Waals surface area contributed by atoms with Crippen LogP contribution in [0.2, 0.25) is 0 Å². The first kappa shape index (κ1) is 16.7. The van der Waals surface area contributed by atoms with E-state index in [1.165, 1.54) is 6.42 Å². The zero-order valence-electron chi connectivity index (χ0n) is 12.5. The average Bonchev–Trinajstić information content (AvgIpc) is 2.48. The van der Waals surface area contributed by atoms with Gasteiger partial charge in [0.2, 0.25) is 10.0 Å². The summed E-state index contributed by atoms with van der Waals surface area (Å²) < 4.78 is 27.9. The van der Waals surface area contributed by atoms with E-state index in [4.69, 9.17) is 0 Å². The summed E-state index contributed by atoms with van der Waals surface area (Å²) in [4.78, 5) is 4.38. The second-order valence-electron chi connectivity index (χ2n) is 5.39. The number of aromatic nitrogens is 1. The molecule has 1 aliphatic rings. The minimum absolute atomic E-state index is 0.244. The third kappa shape index (κ3) is 3.76. The van der Waals surface area contributed by atoms with Crippen LogP contribution in [0, 0.1) is 5.92 Å². The highest BCUT2D eigenvalue weighted by atomic mass is 79.9. The molecule has 1 fully saturated rings. The Bertz CT molecular complexity index is 584. The summed E-state index contributed by atoms with van der Waals surface area (Å²) in [6, 6.07) is 1.62. The minimum Gasteiger partial charge on any atom is -0.372 e. The van der Waals surface area contributed by atoms with Crippen molar-refractivity contribution in [1.82, 2.24) is 9.29 Å². The van der Waals surface area contributed by atoms with Crippen LogP contribution in [0.1, 0.15) is 32.6 Å². The summed E-state index contributed by atoms with van der Waals surface area (Å²) in [5.74, 6) is 1.06. The molecule has 0 aliphatic carbocycles. The third-order valence-electron chi connectivity index (χ3n) is 3.94. The number of hydrogen-bond acceptors (Lipinski definition) is 4. The van der Waals surface area contributed by atoms with Gasteiger partial charge in [-0.15, -0.1) is 0 Å². The van der Waals surface area contributed by atoms with Gasteiger partial charge in [-0.3, -0.25) is 0 Å². The van der Waals surface area contributed by atoms with Crippen molar-refractivity contribution in [1.29, 1.82) is 0 Å². The van der Waals surface area contributed by atoms with Crippen LogP contribution in [0.15, 0.2) is 21.6 Å². The molecular weight excluding hydrogens is 354 g/mol. The average molecular weight is 376 g/mol. The smallest absolute Gasteiger partial charge is 0.246 e. The molecule has 2 heterocycles. The first-order valence-electron chi connectivity index (χ1n) is 7.32. The van der Waals surface area contributed by atoms with Crippen LogP contribution in [0.5, 0.6) is 0 Å². The largest absolute Gasteiger partial charge is 0.372 e. The van der Waals surface area contributed by atoms with E-state index in [1.807, 2.05) is 0 Å². The number of nitrogens with one attached hydrogen (secondary N) is 1. The lowest BCUT2D eigenvalue weighted by atomic mass is 9.94. The molecule has 1 aromatic heterocycles. The van der Waals surface area contributed by atoms with Crippen LogP contribution >= 0.6 is 15.9 Å². The van der Waals surface area contributed by atoms with E-state index < -0.39 is 10.0 Å². The summed E-state index contributed by atoms with van der Waals surface area (Å²) in [6.07, 6.45) is 5.84. The van der Waals surface area contributed by atoms with Gasteiger partial charge in [-0.25, -0.2) is 13.4 Å². The molecule has 21 heavy (non-hydrogen) atoms. The van der Waals surface area contributed by atoms with Crippen molar-refractivity contribution in [3.05, 3.63) is 16.7 Å². The molecule has 1 aliphatic heterocycles. The predicted octanol–water partition coefficient (Wildman–Crippen LogP) is 3.09. The minimum atomic E-state index is -3.49. The summed E-state index contributed by atoms with van der Waals surface area (Å²) >= 11 is 3.30. The molecule has 1 aromatic rings. The fourth-order valence-electron chi connectivity index (χ4n) is 2.79. The molecule has 1 N–H and O–H groups in total. The SMILES string of the molecule is CCCC1CCN(S(=O)(=O)c2cc(Br)cnc2NC)CC1. The zero-order valence-corrected chi connectivity index (χ0v) is 14.9. The second-order valence-corrected chi connectivity index (χ2v) is 8.21. The Kier molecular flexibility index (Phi) is 5.62. The van der Waals surface area contributed by atoms with Crippen molar-refractivity contribution < 1.29 is 8.42 Å². The van der Waals surface area contributed by atoms with E-state index in [-0.39, 0.29) is 4.90 Å². The molecule has 118 valence electrons. The Balaban J connectivity index is 2.21. The predicted molar refractivity (Wildman–Crippen MR) is 87.9 cm³/mol. The number of rotatable bonds is 5. The van der Waals surface area contributed by atoms with Crippen LogP contribution in [-0.2, 0) is 10.0 Å². The normalized spacial score (nSPS) is 17.9. The van der Waals surface area contributed by atoms with Gasteiger partial charge in [0.25, 0.3) is 0 Å². The molecule has 0 unspecified atom stereocenters. The fraction of sp³-hybridized carbons (Fsp3) is 0.643. The lowest BCUT2D eigenvalue weighted by Gasteiger charge is -2.31. The van der Waals surface area contributed by atoms with Gasteiger partial charge < -0.3 is 5.32 Å². The Morgan fingerprint density at radius 2 is 2.10 bits per heavy atom. The highest BCUT2D eigenvalue weighted by Crippen LogP contribution is 2.30. The highest BCUT2D eigenvalue weighted by Gasteiger charge is 2.31. The third-order valence-corrected chi connectivity index (χ3v) is 6.29. The molecule has 5 nitrogen and oxygen atoms in total. The van der Waals surface area contributed by atoms with Gasteiger partial charge in [0.05, 0.1) is 0 Å². The Labute approximate surface area is 135 Å². The van der Waals surface area contributed by atoms with Gasteiger partial charge in [-0.1, -0.05) is 19.8 Å². The van der Waals surface area contributed by atoms with Crippen molar-refractivity contribution in [2.45, 2.75) is 37.5 Å². The molecule has 0 aromatic carbocycles. The Morgan fingerprint density at radius 3 is 2.67 bits per heavy atom. The van der Waals surface area contributed by atoms with E-state index in [1.54, 1.807) is 23.6 Å². The van der Waals surface area contributed by atoms with Crippen molar-refractivity contribution in [3.8, 4) is 0 Å². The molecule has 1 saturated heterocycles. The number of hydrogen-bond donors (Lipinski definition) is 1. The maximum atomic E-state index is 12.8. The van der Waals surface area contributed by atoms with Gasteiger partial charge >= 0.3 is 0 Å². The maximum Gasteiger partial charge on any atom is 0.246 e. The Morgan fingerprint density at radius 1 is 1.43 bits per heavy atom. The monoisotopic (exact) mass is 375 g/mol. The molecular formula is C14H22BrN3O2S. The molecule has 0 saturated carbocycles. The molecule has 2 rings (SSSR count). The number of anilines is 1.